The minimum absolute atomic E-state index is 0.0433. The highest BCUT2D eigenvalue weighted by Gasteiger charge is 2.25. The lowest BCUT2D eigenvalue weighted by atomic mass is 9.94. The zero-order chi connectivity index (χ0) is 23.8. The standard InChI is InChI=1S/C24H28N4O4S/c1-16-5-10-23(32-16)18-6-8-19(9-7-18)24(29)28-12-11-21-20(15-28)13-25-17(2)22(21)14-26-33(30,31)27(3)4/h5-10,13,26H,11-12,14-15H2,1-4H3. The van der Waals surface area contributed by atoms with E-state index < -0.39 is 10.2 Å². The second-order valence-corrected chi connectivity index (χ2v) is 10.4. The van der Waals surface area contributed by atoms with Gasteiger partial charge < -0.3 is 9.32 Å². The van der Waals surface area contributed by atoms with Crippen molar-refractivity contribution in [2.24, 2.45) is 0 Å². The zero-order valence-corrected chi connectivity index (χ0v) is 20.1. The van der Waals surface area contributed by atoms with Crippen molar-refractivity contribution in [1.82, 2.24) is 18.9 Å². The molecule has 33 heavy (non-hydrogen) atoms. The molecule has 0 bridgehead atoms. The summed E-state index contributed by atoms with van der Waals surface area (Å²) in [5, 5.41) is 0. The molecule has 4 rings (SSSR count). The van der Waals surface area contributed by atoms with Crippen molar-refractivity contribution in [3.8, 4) is 11.3 Å². The molecule has 1 N–H and O–H groups in total. The molecule has 3 heterocycles. The summed E-state index contributed by atoms with van der Waals surface area (Å²) < 4.78 is 33.7. The Morgan fingerprint density at radius 1 is 1.15 bits per heavy atom. The van der Waals surface area contributed by atoms with Crippen molar-refractivity contribution in [1.29, 1.82) is 0 Å². The Morgan fingerprint density at radius 2 is 1.88 bits per heavy atom. The third-order valence-corrected chi connectivity index (χ3v) is 7.42. The van der Waals surface area contributed by atoms with Crippen LogP contribution in [0.4, 0.5) is 0 Å². The van der Waals surface area contributed by atoms with Crippen LogP contribution in [0.2, 0.25) is 0 Å². The van der Waals surface area contributed by atoms with Crippen LogP contribution >= 0.6 is 0 Å². The fourth-order valence-electron chi connectivity index (χ4n) is 3.97. The van der Waals surface area contributed by atoms with E-state index in [1.54, 1.807) is 11.1 Å². The van der Waals surface area contributed by atoms with Gasteiger partial charge in [-0.3, -0.25) is 9.78 Å². The SMILES string of the molecule is Cc1ccc(-c2ccc(C(=O)N3CCc4c(cnc(C)c4CNS(=O)(=O)N(C)C)C3)cc2)o1. The van der Waals surface area contributed by atoms with Crippen LogP contribution in [0.3, 0.4) is 0 Å². The van der Waals surface area contributed by atoms with Gasteiger partial charge in [-0.1, -0.05) is 12.1 Å². The number of rotatable bonds is 6. The molecule has 2 aromatic heterocycles. The summed E-state index contributed by atoms with van der Waals surface area (Å²) in [5.41, 5.74) is 5.22. The molecule has 3 aromatic rings. The summed E-state index contributed by atoms with van der Waals surface area (Å²) in [6.07, 6.45) is 2.43. The highest BCUT2D eigenvalue weighted by molar-refractivity contribution is 7.87. The maximum Gasteiger partial charge on any atom is 0.279 e. The second-order valence-electron chi connectivity index (χ2n) is 8.40. The zero-order valence-electron chi connectivity index (χ0n) is 19.3. The Labute approximate surface area is 194 Å². The number of fused-ring (bicyclic) bond motifs is 1. The van der Waals surface area contributed by atoms with E-state index in [-0.39, 0.29) is 12.5 Å². The van der Waals surface area contributed by atoms with Crippen LogP contribution in [0.15, 0.2) is 47.0 Å². The van der Waals surface area contributed by atoms with Crippen molar-refractivity contribution in [3.63, 3.8) is 0 Å². The molecule has 1 aliphatic heterocycles. The lowest BCUT2D eigenvalue weighted by molar-refractivity contribution is 0.0734. The smallest absolute Gasteiger partial charge is 0.279 e. The Kier molecular flexibility index (Phi) is 6.38. The van der Waals surface area contributed by atoms with E-state index >= 15 is 0 Å². The maximum atomic E-state index is 13.1. The summed E-state index contributed by atoms with van der Waals surface area (Å²) >= 11 is 0. The van der Waals surface area contributed by atoms with Gasteiger partial charge in [0.05, 0.1) is 0 Å². The molecule has 0 radical (unpaired) electrons. The number of amides is 1. The van der Waals surface area contributed by atoms with Crippen LogP contribution in [0.25, 0.3) is 11.3 Å². The van der Waals surface area contributed by atoms with Crippen LogP contribution in [-0.2, 0) is 29.7 Å². The molecule has 0 unspecified atom stereocenters. The van der Waals surface area contributed by atoms with Gasteiger partial charge in [-0.15, -0.1) is 0 Å². The highest BCUT2D eigenvalue weighted by atomic mass is 32.2. The molecule has 1 aliphatic rings. The van der Waals surface area contributed by atoms with E-state index in [1.807, 2.05) is 50.2 Å². The van der Waals surface area contributed by atoms with Crippen LogP contribution in [0, 0.1) is 13.8 Å². The molecule has 174 valence electrons. The van der Waals surface area contributed by atoms with E-state index in [9.17, 15) is 13.2 Å². The Hall–Kier alpha value is -3.01. The largest absolute Gasteiger partial charge is 0.461 e. The number of aromatic nitrogens is 1. The number of aryl methyl sites for hydroxylation is 2. The lowest BCUT2D eigenvalue weighted by Crippen LogP contribution is -2.38. The van der Waals surface area contributed by atoms with Crippen molar-refractivity contribution in [3.05, 3.63) is 76.3 Å². The highest BCUT2D eigenvalue weighted by Crippen LogP contribution is 2.26. The average molecular weight is 469 g/mol. The van der Waals surface area contributed by atoms with Crippen LogP contribution < -0.4 is 4.72 Å². The molecule has 0 saturated carbocycles. The quantitative estimate of drug-likeness (QED) is 0.600. The molecule has 0 spiro atoms. The summed E-state index contributed by atoms with van der Waals surface area (Å²) in [7, 11) is -0.567. The Balaban J connectivity index is 1.50. The van der Waals surface area contributed by atoms with Gasteiger partial charge in [-0.25, -0.2) is 0 Å². The van der Waals surface area contributed by atoms with Crippen LogP contribution in [0.1, 0.15) is 38.5 Å². The first-order chi connectivity index (χ1) is 15.7. The van der Waals surface area contributed by atoms with Crippen molar-refractivity contribution >= 4 is 16.1 Å². The van der Waals surface area contributed by atoms with Gasteiger partial charge in [-0.2, -0.15) is 17.4 Å². The monoisotopic (exact) mass is 468 g/mol. The first kappa shape index (κ1) is 23.2. The van der Waals surface area contributed by atoms with Crippen LogP contribution in [0.5, 0.6) is 0 Å². The first-order valence-corrected chi connectivity index (χ1v) is 12.2. The van der Waals surface area contributed by atoms with Gasteiger partial charge in [0.1, 0.15) is 11.5 Å². The molecule has 9 heteroatoms. The normalized spacial score (nSPS) is 13.9. The predicted octanol–water partition coefficient (Wildman–Crippen LogP) is 3.05. The number of furan rings is 1. The van der Waals surface area contributed by atoms with Gasteiger partial charge in [0.2, 0.25) is 0 Å². The minimum Gasteiger partial charge on any atom is -0.461 e. The summed E-state index contributed by atoms with van der Waals surface area (Å²) in [5.74, 6) is 1.57. The third kappa shape index (κ3) is 4.85. The first-order valence-electron chi connectivity index (χ1n) is 10.7. The topological polar surface area (TPSA) is 95.8 Å². The average Bonchev–Trinajstić information content (AvgIpc) is 3.24. The molecular formula is C24H28N4O4S. The fraction of sp³-hybridized carbons (Fsp3) is 0.333. The van der Waals surface area contributed by atoms with Crippen molar-refractivity contribution in [2.45, 2.75) is 33.4 Å². The number of hydrogen-bond acceptors (Lipinski definition) is 5. The third-order valence-electron chi connectivity index (χ3n) is 5.95. The number of carbonyl (C=O) groups is 1. The van der Waals surface area contributed by atoms with Crippen molar-refractivity contribution in [2.75, 3.05) is 20.6 Å². The van der Waals surface area contributed by atoms with E-state index in [0.717, 1.165) is 43.8 Å². The Bertz CT molecular complexity index is 1280. The maximum absolute atomic E-state index is 13.1. The molecule has 0 fully saturated rings. The lowest BCUT2D eigenvalue weighted by Gasteiger charge is -2.30. The van der Waals surface area contributed by atoms with E-state index in [2.05, 4.69) is 9.71 Å². The van der Waals surface area contributed by atoms with Crippen molar-refractivity contribution < 1.29 is 17.6 Å². The molecule has 8 nitrogen and oxygen atoms in total. The van der Waals surface area contributed by atoms with Gasteiger partial charge >= 0.3 is 0 Å². The predicted molar refractivity (Wildman–Crippen MR) is 126 cm³/mol. The number of pyridine rings is 1. The molecule has 1 amide bonds. The number of nitrogens with zero attached hydrogens (tertiary/aromatic N) is 3. The number of benzene rings is 1. The van der Waals surface area contributed by atoms with Gasteiger partial charge in [0.15, 0.2) is 0 Å². The number of carbonyl (C=O) groups excluding carboxylic acids is 1. The molecule has 1 aromatic carbocycles. The van der Waals surface area contributed by atoms with E-state index in [1.165, 1.54) is 14.1 Å². The second kappa shape index (κ2) is 9.09. The summed E-state index contributed by atoms with van der Waals surface area (Å²) in [6.45, 7) is 4.94. The summed E-state index contributed by atoms with van der Waals surface area (Å²) in [6, 6.07) is 11.3. The van der Waals surface area contributed by atoms with Gasteiger partial charge in [0.25, 0.3) is 16.1 Å². The molecule has 0 atom stereocenters. The number of nitrogens with one attached hydrogen (secondary N) is 1. The van der Waals surface area contributed by atoms with Crippen LogP contribution in [-0.4, -0.2) is 49.2 Å². The van der Waals surface area contributed by atoms with E-state index in [4.69, 9.17) is 4.42 Å². The molecular weight excluding hydrogens is 440 g/mol. The van der Waals surface area contributed by atoms with Gasteiger partial charge in [0, 0.05) is 56.7 Å². The Morgan fingerprint density at radius 3 is 2.52 bits per heavy atom. The summed E-state index contributed by atoms with van der Waals surface area (Å²) in [4.78, 5) is 19.4. The fourth-order valence-corrected chi connectivity index (χ4v) is 4.56. The van der Waals surface area contributed by atoms with E-state index in [0.29, 0.717) is 25.1 Å². The molecule has 0 aliphatic carbocycles. The number of hydrogen-bond donors (Lipinski definition) is 1. The van der Waals surface area contributed by atoms with Gasteiger partial charge in [-0.05, 0) is 61.2 Å². The minimum atomic E-state index is -3.54. The molecule has 0 saturated heterocycles.